The number of carbonyl (C=O) groups excluding carboxylic acids is 1. The quantitative estimate of drug-likeness (QED) is 0.870. The van der Waals surface area contributed by atoms with Gasteiger partial charge >= 0.3 is 0 Å². The lowest BCUT2D eigenvalue weighted by atomic mass is 9.96. The van der Waals surface area contributed by atoms with E-state index in [1.54, 1.807) is 31.3 Å². The SMILES string of the molecule is C[C@@H]1CNCCN1C(=O)c1ccc(S(=O)(=O)N(C)C2CCCCC2)cc1. The van der Waals surface area contributed by atoms with Crippen LogP contribution in [0.3, 0.4) is 0 Å². The number of carbonyl (C=O) groups is 1. The Hall–Kier alpha value is -1.44. The van der Waals surface area contributed by atoms with E-state index in [0.29, 0.717) is 12.1 Å². The topological polar surface area (TPSA) is 69.7 Å². The molecular weight excluding hydrogens is 350 g/mol. The predicted molar refractivity (Wildman–Crippen MR) is 102 cm³/mol. The minimum absolute atomic E-state index is 0.0383. The van der Waals surface area contributed by atoms with Crippen molar-refractivity contribution >= 4 is 15.9 Å². The molecule has 0 bridgehead atoms. The summed E-state index contributed by atoms with van der Waals surface area (Å²) in [7, 11) is -1.84. The summed E-state index contributed by atoms with van der Waals surface area (Å²) in [5, 5.41) is 3.26. The standard InChI is InChI=1S/C19H29N3O3S/c1-15-14-20-12-13-22(15)19(23)16-8-10-18(11-9-16)26(24,25)21(2)17-6-4-3-5-7-17/h8-11,15,17,20H,3-7,12-14H2,1-2H3/t15-/m1/s1. The zero-order valence-corrected chi connectivity index (χ0v) is 16.5. The number of benzene rings is 1. The molecule has 1 aromatic rings. The molecule has 0 aromatic heterocycles. The monoisotopic (exact) mass is 379 g/mol. The molecule has 7 heteroatoms. The highest BCUT2D eigenvalue weighted by Gasteiger charge is 2.29. The van der Waals surface area contributed by atoms with E-state index in [1.807, 2.05) is 11.8 Å². The summed E-state index contributed by atoms with van der Waals surface area (Å²) in [4.78, 5) is 14.8. The largest absolute Gasteiger partial charge is 0.333 e. The van der Waals surface area contributed by atoms with Crippen LogP contribution in [0.2, 0.25) is 0 Å². The van der Waals surface area contributed by atoms with Crippen molar-refractivity contribution in [3.05, 3.63) is 29.8 Å². The van der Waals surface area contributed by atoms with Crippen molar-refractivity contribution in [2.24, 2.45) is 0 Å². The average Bonchev–Trinajstić information content (AvgIpc) is 2.68. The van der Waals surface area contributed by atoms with E-state index < -0.39 is 10.0 Å². The van der Waals surface area contributed by atoms with Crippen molar-refractivity contribution in [2.45, 2.75) is 56.0 Å². The lowest BCUT2D eigenvalue weighted by Gasteiger charge is -2.34. The Balaban J connectivity index is 1.74. The summed E-state index contributed by atoms with van der Waals surface area (Å²) in [6.07, 6.45) is 5.20. The van der Waals surface area contributed by atoms with E-state index in [4.69, 9.17) is 0 Å². The van der Waals surface area contributed by atoms with Gasteiger partial charge < -0.3 is 10.2 Å². The summed E-state index contributed by atoms with van der Waals surface area (Å²) in [6.45, 7) is 4.26. The molecule has 0 spiro atoms. The third-order valence-corrected chi connectivity index (χ3v) is 7.55. The second-order valence-corrected chi connectivity index (χ2v) is 9.39. The molecule has 1 amide bonds. The van der Waals surface area contributed by atoms with Gasteiger partial charge in [0.25, 0.3) is 5.91 Å². The van der Waals surface area contributed by atoms with Crippen LogP contribution in [-0.2, 0) is 10.0 Å². The maximum Gasteiger partial charge on any atom is 0.254 e. The van der Waals surface area contributed by atoms with Crippen LogP contribution in [-0.4, -0.2) is 62.3 Å². The molecule has 0 radical (unpaired) electrons. The van der Waals surface area contributed by atoms with Crippen LogP contribution in [0.4, 0.5) is 0 Å². The number of piperazine rings is 1. The number of nitrogens with zero attached hydrogens (tertiary/aromatic N) is 2. The average molecular weight is 380 g/mol. The zero-order valence-electron chi connectivity index (χ0n) is 15.6. The minimum atomic E-state index is -3.52. The van der Waals surface area contributed by atoms with Gasteiger partial charge in [0.05, 0.1) is 4.90 Å². The molecule has 1 aromatic carbocycles. The zero-order chi connectivity index (χ0) is 18.7. The number of sulfonamides is 1. The molecular formula is C19H29N3O3S. The van der Waals surface area contributed by atoms with Crippen LogP contribution in [0.1, 0.15) is 49.4 Å². The van der Waals surface area contributed by atoms with E-state index in [1.165, 1.54) is 10.7 Å². The van der Waals surface area contributed by atoms with E-state index in [0.717, 1.165) is 38.8 Å². The number of rotatable bonds is 4. The van der Waals surface area contributed by atoms with Gasteiger partial charge in [-0.05, 0) is 44.0 Å². The molecule has 0 unspecified atom stereocenters. The molecule has 26 heavy (non-hydrogen) atoms. The van der Waals surface area contributed by atoms with Crippen molar-refractivity contribution in [1.82, 2.24) is 14.5 Å². The molecule has 2 aliphatic rings. The number of nitrogens with one attached hydrogen (secondary N) is 1. The molecule has 6 nitrogen and oxygen atoms in total. The van der Waals surface area contributed by atoms with Gasteiger partial charge in [0.15, 0.2) is 0 Å². The van der Waals surface area contributed by atoms with Gasteiger partial charge in [-0.1, -0.05) is 19.3 Å². The lowest BCUT2D eigenvalue weighted by Crippen LogP contribution is -2.52. The van der Waals surface area contributed by atoms with Crippen molar-refractivity contribution < 1.29 is 13.2 Å². The first-order valence-electron chi connectivity index (χ1n) is 9.51. The Kier molecular flexibility index (Phi) is 5.99. The van der Waals surface area contributed by atoms with Gasteiger partial charge in [-0.3, -0.25) is 4.79 Å². The van der Waals surface area contributed by atoms with Gasteiger partial charge in [-0.2, -0.15) is 4.31 Å². The third kappa shape index (κ3) is 3.94. The van der Waals surface area contributed by atoms with Gasteiger partial charge in [0.1, 0.15) is 0 Å². The molecule has 1 saturated heterocycles. The fourth-order valence-corrected chi connectivity index (χ4v) is 5.30. The molecule has 1 saturated carbocycles. The summed E-state index contributed by atoms with van der Waals surface area (Å²) in [5.41, 5.74) is 0.540. The Morgan fingerprint density at radius 1 is 1.15 bits per heavy atom. The van der Waals surface area contributed by atoms with Gasteiger partial charge in [0.2, 0.25) is 10.0 Å². The Bertz CT molecular complexity index is 727. The summed E-state index contributed by atoms with van der Waals surface area (Å²) in [6, 6.07) is 6.62. The lowest BCUT2D eigenvalue weighted by molar-refractivity contribution is 0.0655. The van der Waals surface area contributed by atoms with Gasteiger partial charge in [0, 0.05) is 44.3 Å². The second-order valence-electron chi connectivity index (χ2n) is 7.39. The van der Waals surface area contributed by atoms with Crippen molar-refractivity contribution in [1.29, 1.82) is 0 Å². The highest BCUT2D eigenvalue weighted by atomic mass is 32.2. The highest BCUT2D eigenvalue weighted by molar-refractivity contribution is 7.89. The Morgan fingerprint density at radius 3 is 2.42 bits per heavy atom. The maximum atomic E-state index is 12.9. The summed E-state index contributed by atoms with van der Waals surface area (Å²) >= 11 is 0. The normalized spacial score (nSPS) is 22.6. The molecule has 1 N–H and O–H groups in total. The van der Waals surface area contributed by atoms with Crippen LogP contribution in [0, 0.1) is 0 Å². The van der Waals surface area contributed by atoms with E-state index in [9.17, 15) is 13.2 Å². The number of amides is 1. The van der Waals surface area contributed by atoms with Crippen LogP contribution >= 0.6 is 0 Å². The van der Waals surface area contributed by atoms with Crippen molar-refractivity contribution in [2.75, 3.05) is 26.7 Å². The minimum Gasteiger partial charge on any atom is -0.333 e. The first-order valence-corrected chi connectivity index (χ1v) is 10.9. The molecule has 1 atom stereocenters. The second kappa shape index (κ2) is 8.06. The summed E-state index contributed by atoms with van der Waals surface area (Å²) in [5.74, 6) is -0.0383. The Labute approximate surface area is 156 Å². The fraction of sp³-hybridized carbons (Fsp3) is 0.632. The number of hydrogen-bond acceptors (Lipinski definition) is 4. The fourth-order valence-electron chi connectivity index (χ4n) is 3.89. The Morgan fingerprint density at radius 2 is 1.81 bits per heavy atom. The molecule has 1 heterocycles. The molecule has 144 valence electrons. The number of hydrogen-bond donors (Lipinski definition) is 1. The first kappa shape index (κ1) is 19.3. The van der Waals surface area contributed by atoms with E-state index in [2.05, 4.69) is 5.32 Å². The van der Waals surface area contributed by atoms with Crippen molar-refractivity contribution in [3.8, 4) is 0 Å². The van der Waals surface area contributed by atoms with E-state index in [-0.39, 0.29) is 22.9 Å². The van der Waals surface area contributed by atoms with Crippen LogP contribution < -0.4 is 5.32 Å². The summed E-state index contributed by atoms with van der Waals surface area (Å²) < 4.78 is 27.3. The van der Waals surface area contributed by atoms with Crippen LogP contribution in [0.25, 0.3) is 0 Å². The molecule has 1 aliphatic heterocycles. The van der Waals surface area contributed by atoms with Gasteiger partial charge in [-0.25, -0.2) is 8.42 Å². The maximum absolute atomic E-state index is 12.9. The first-order chi connectivity index (χ1) is 12.4. The third-order valence-electron chi connectivity index (χ3n) is 5.63. The molecule has 2 fully saturated rings. The highest BCUT2D eigenvalue weighted by Crippen LogP contribution is 2.26. The van der Waals surface area contributed by atoms with Gasteiger partial charge in [-0.15, -0.1) is 0 Å². The van der Waals surface area contributed by atoms with E-state index >= 15 is 0 Å². The van der Waals surface area contributed by atoms with Crippen molar-refractivity contribution in [3.63, 3.8) is 0 Å². The molecule has 1 aliphatic carbocycles. The predicted octanol–water partition coefficient (Wildman–Crippen LogP) is 2.07. The van der Waals surface area contributed by atoms with Crippen LogP contribution in [0.5, 0.6) is 0 Å². The van der Waals surface area contributed by atoms with Crippen LogP contribution in [0.15, 0.2) is 29.2 Å². The smallest absolute Gasteiger partial charge is 0.254 e. The molecule has 3 rings (SSSR count).